The molecule has 15 heavy (non-hydrogen) atoms. The van der Waals surface area contributed by atoms with Crippen molar-refractivity contribution in [2.24, 2.45) is 0 Å². The average molecular weight is 218 g/mol. The minimum atomic E-state index is 0.504. The molecular weight excluding hydrogens is 212 g/mol. The summed E-state index contributed by atoms with van der Waals surface area (Å²) < 4.78 is 6.14. The van der Waals surface area contributed by atoms with Crippen molar-refractivity contribution in [1.82, 2.24) is 15.0 Å². The zero-order valence-corrected chi connectivity index (χ0v) is 8.36. The standard InChI is InChI=1S/C9H6N4OS/c10-9-13-6-4-12-5(3-7(6)15-9)8-11-1-2-14-8/h1-4H,(H2,10,13). The van der Waals surface area contributed by atoms with E-state index in [0.717, 1.165) is 10.2 Å². The van der Waals surface area contributed by atoms with Crippen molar-refractivity contribution in [2.45, 2.75) is 0 Å². The van der Waals surface area contributed by atoms with Gasteiger partial charge < -0.3 is 10.2 Å². The summed E-state index contributed by atoms with van der Waals surface area (Å²) in [6.45, 7) is 0. The molecule has 0 radical (unpaired) electrons. The average Bonchev–Trinajstić information content (AvgIpc) is 2.82. The highest BCUT2D eigenvalue weighted by molar-refractivity contribution is 7.22. The van der Waals surface area contributed by atoms with Crippen LogP contribution in [-0.2, 0) is 0 Å². The third-order valence-electron chi connectivity index (χ3n) is 1.94. The second-order valence-corrected chi connectivity index (χ2v) is 3.99. The van der Waals surface area contributed by atoms with Crippen LogP contribution in [-0.4, -0.2) is 15.0 Å². The molecular formula is C9H6N4OS. The fraction of sp³-hybridized carbons (Fsp3) is 0. The van der Waals surface area contributed by atoms with Crippen LogP contribution in [0.3, 0.4) is 0 Å². The molecule has 0 spiro atoms. The van der Waals surface area contributed by atoms with Crippen molar-refractivity contribution in [3.05, 3.63) is 24.7 Å². The Morgan fingerprint density at radius 2 is 2.27 bits per heavy atom. The summed E-state index contributed by atoms with van der Waals surface area (Å²) in [4.78, 5) is 12.3. The number of hydrogen-bond acceptors (Lipinski definition) is 6. The molecule has 0 bridgehead atoms. The first-order chi connectivity index (χ1) is 7.33. The zero-order chi connectivity index (χ0) is 10.3. The lowest BCUT2D eigenvalue weighted by Gasteiger charge is -1.92. The highest BCUT2D eigenvalue weighted by Gasteiger charge is 2.07. The second kappa shape index (κ2) is 3.03. The van der Waals surface area contributed by atoms with Gasteiger partial charge >= 0.3 is 0 Å². The van der Waals surface area contributed by atoms with E-state index in [-0.39, 0.29) is 0 Å². The first-order valence-electron chi connectivity index (χ1n) is 4.25. The molecule has 3 rings (SSSR count). The molecule has 0 aliphatic rings. The SMILES string of the molecule is Nc1nc2cnc(-c3ncco3)cc2s1. The van der Waals surface area contributed by atoms with Gasteiger partial charge in [-0.3, -0.25) is 0 Å². The molecule has 6 heteroatoms. The molecule has 3 heterocycles. The van der Waals surface area contributed by atoms with Crippen LogP contribution in [0.5, 0.6) is 0 Å². The maximum Gasteiger partial charge on any atom is 0.245 e. The summed E-state index contributed by atoms with van der Waals surface area (Å²) in [6, 6.07) is 1.87. The number of oxazole rings is 1. The molecule has 0 aromatic carbocycles. The van der Waals surface area contributed by atoms with Gasteiger partial charge in [0.15, 0.2) is 5.13 Å². The Bertz CT molecular complexity index is 602. The van der Waals surface area contributed by atoms with Crippen molar-refractivity contribution in [3.63, 3.8) is 0 Å². The van der Waals surface area contributed by atoms with Gasteiger partial charge in [-0.05, 0) is 6.07 Å². The molecule has 3 aromatic heterocycles. The third-order valence-corrected chi connectivity index (χ3v) is 2.79. The van der Waals surface area contributed by atoms with E-state index in [0.29, 0.717) is 16.7 Å². The van der Waals surface area contributed by atoms with Crippen molar-refractivity contribution in [2.75, 3.05) is 5.73 Å². The number of rotatable bonds is 1. The van der Waals surface area contributed by atoms with E-state index in [2.05, 4.69) is 15.0 Å². The number of fused-ring (bicyclic) bond motifs is 1. The summed E-state index contributed by atoms with van der Waals surface area (Å²) in [5.74, 6) is 0.504. The van der Waals surface area contributed by atoms with E-state index in [1.807, 2.05) is 6.07 Å². The van der Waals surface area contributed by atoms with Gasteiger partial charge in [0.05, 0.1) is 17.1 Å². The van der Waals surface area contributed by atoms with Crippen molar-refractivity contribution >= 4 is 26.7 Å². The summed E-state index contributed by atoms with van der Waals surface area (Å²) in [5, 5.41) is 0.538. The molecule has 0 unspecified atom stereocenters. The molecule has 74 valence electrons. The number of hydrogen-bond donors (Lipinski definition) is 1. The molecule has 0 amide bonds. The molecule has 0 atom stereocenters. The molecule has 0 aliphatic heterocycles. The Labute approximate surface area is 88.6 Å². The van der Waals surface area contributed by atoms with E-state index in [9.17, 15) is 0 Å². The molecule has 5 nitrogen and oxygen atoms in total. The minimum Gasteiger partial charge on any atom is -0.443 e. The summed E-state index contributed by atoms with van der Waals surface area (Å²) in [5.41, 5.74) is 7.09. The van der Waals surface area contributed by atoms with Crippen LogP contribution in [0.4, 0.5) is 5.13 Å². The van der Waals surface area contributed by atoms with E-state index in [1.165, 1.54) is 17.6 Å². The normalized spacial score (nSPS) is 10.9. The van der Waals surface area contributed by atoms with Crippen molar-refractivity contribution in [1.29, 1.82) is 0 Å². The van der Waals surface area contributed by atoms with Gasteiger partial charge in [-0.2, -0.15) is 0 Å². The first kappa shape index (κ1) is 8.37. The van der Waals surface area contributed by atoms with Crippen LogP contribution < -0.4 is 5.73 Å². The lowest BCUT2D eigenvalue weighted by Crippen LogP contribution is -1.83. The smallest absolute Gasteiger partial charge is 0.245 e. The van der Waals surface area contributed by atoms with Crippen molar-refractivity contribution in [3.8, 4) is 11.6 Å². The monoisotopic (exact) mass is 218 g/mol. The van der Waals surface area contributed by atoms with Gasteiger partial charge in [0.1, 0.15) is 17.5 Å². The van der Waals surface area contributed by atoms with Gasteiger partial charge in [-0.1, -0.05) is 11.3 Å². The maximum absolute atomic E-state index is 5.60. The fourth-order valence-corrected chi connectivity index (χ4v) is 2.06. The van der Waals surface area contributed by atoms with E-state index >= 15 is 0 Å². The number of nitrogens with two attached hydrogens (primary N) is 1. The highest BCUT2D eigenvalue weighted by Crippen LogP contribution is 2.26. The first-order valence-corrected chi connectivity index (χ1v) is 5.06. The Kier molecular flexibility index (Phi) is 1.69. The molecule has 3 aromatic rings. The van der Waals surface area contributed by atoms with Gasteiger partial charge in [0.2, 0.25) is 5.89 Å². The maximum atomic E-state index is 5.60. The molecule has 0 fully saturated rings. The van der Waals surface area contributed by atoms with Crippen LogP contribution in [0.25, 0.3) is 21.8 Å². The second-order valence-electron chi connectivity index (χ2n) is 2.93. The number of pyridine rings is 1. The molecule has 0 aliphatic carbocycles. The number of nitrogens with zero attached hydrogens (tertiary/aromatic N) is 3. The minimum absolute atomic E-state index is 0.504. The largest absolute Gasteiger partial charge is 0.443 e. The molecule has 0 saturated carbocycles. The Balaban J connectivity index is 2.21. The van der Waals surface area contributed by atoms with E-state index < -0.39 is 0 Å². The van der Waals surface area contributed by atoms with Crippen LogP contribution in [0, 0.1) is 0 Å². The number of thiazole rings is 1. The fourth-order valence-electron chi connectivity index (χ4n) is 1.32. The molecule has 2 N–H and O–H groups in total. The van der Waals surface area contributed by atoms with Gasteiger partial charge in [-0.25, -0.2) is 15.0 Å². The lowest BCUT2D eigenvalue weighted by molar-refractivity contribution is 0.572. The van der Waals surface area contributed by atoms with E-state index in [1.54, 1.807) is 12.4 Å². The summed E-state index contributed by atoms with van der Waals surface area (Å²) in [7, 11) is 0. The van der Waals surface area contributed by atoms with Crippen molar-refractivity contribution < 1.29 is 4.42 Å². The quantitative estimate of drug-likeness (QED) is 0.675. The third kappa shape index (κ3) is 1.35. The Morgan fingerprint density at radius 1 is 1.33 bits per heavy atom. The van der Waals surface area contributed by atoms with Gasteiger partial charge in [-0.15, -0.1) is 0 Å². The summed E-state index contributed by atoms with van der Waals surface area (Å²) in [6.07, 6.45) is 4.77. The van der Waals surface area contributed by atoms with Gasteiger partial charge in [0, 0.05) is 0 Å². The topological polar surface area (TPSA) is 77.8 Å². The van der Waals surface area contributed by atoms with Crippen LogP contribution >= 0.6 is 11.3 Å². The van der Waals surface area contributed by atoms with Crippen LogP contribution in [0.1, 0.15) is 0 Å². The number of anilines is 1. The van der Waals surface area contributed by atoms with Gasteiger partial charge in [0.25, 0.3) is 0 Å². The molecule has 0 saturated heterocycles. The lowest BCUT2D eigenvalue weighted by atomic mass is 10.3. The van der Waals surface area contributed by atoms with Crippen LogP contribution in [0.2, 0.25) is 0 Å². The number of nitrogen functional groups attached to an aromatic ring is 1. The predicted molar refractivity (Wildman–Crippen MR) is 57.3 cm³/mol. The summed E-state index contributed by atoms with van der Waals surface area (Å²) >= 11 is 1.42. The Morgan fingerprint density at radius 3 is 3.07 bits per heavy atom. The Hall–Kier alpha value is -1.95. The zero-order valence-electron chi connectivity index (χ0n) is 7.54. The van der Waals surface area contributed by atoms with Crippen LogP contribution in [0.15, 0.2) is 29.1 Å². The van der Waals surface area contributed by atoms with E-state index in [4.69, 9.17) is 10.2 Å². The highest BCUT2D eigenvalue weighted by atomic mass is 32.1. The number of aromatic nitrogens is 3. The predicted octanol–water partition coefficient (Wildman–Crippen LogP) is 1.93.